The van der Waals surface area contributed by atoms with Crippen molar-refractivity contribution in [3.63, 3.8) is 0 Å². The highest BCUT2D eigenvalue weighted by molar-refractivity contribution is 7.89. The Balaban J connectivity index is 1.86. The molecule has 0 aliphatic rings. The first-order valence-electron chi connectivity index (χ1n) is 6.42. The van der Waals surface area contributed by atoms with Crippen LogP contribution in [0, 0.1) is 6.92 Å². The Labute approximate surface area is 129 Å². The van der Waals surface area contributed by atoms with E-state index in [2.05, 4.69) is 4.72 Å². The predicted molar refractivity (Wildman–Crippen MR) is 83.3 cm³/mol. The molecule has 21 heavy (non-hydrogen) atoms. The van der Waals surface area contributed by atoms with Gasteiger partial charge in [0, 0.05) is 11.6 Å². The minimum absolute atomic E-state index is 0.193. The second-order valence-electron chi connectivity index (χ2n) is 4.52. The zero-order chi connectivity index (χ0) is 15.3. The van der Waals surface area contributed by atoms with Crippen LogP contribution in [0.5, 0.6) is 5.75 Å². The predicted octanol–water partition coefficient (Wildman–Crippen LogP) is 3.01. The molecular weight excluding hydrogens is 310 g/mol. The highest BCUT2D eigenvalue weighted by Crippen LogP contribution is 2.15. The van der Waals surface area contributed by atoms with E-state index >= 15 is 0 Å². The normalized spacial score (nSPS) is 11.3. The first kappa shape index (κ1) is 15.8. The molecule has 0 saturated heterocycles. The molecule has 2 rings (SSSR count). The number of nitrogens with one attached hydrogen (secondary N) is 1. The van der Waals surface area contributed by atoms with Gasteiger partial charge in [0.25, 0.3) is 0 Å². The van der Waals surface area contributed by atoms with Crippen molar-refractivity contribution in [2.24, 2.45) is 0 Å². The van der Waals surface area contributed by atoms with Gasteiger partial charge in [0.05, 0.1) is 4.90 Å². The lowest BCUT2D eigenvalue weighted by Gasteiger charge is -2.09. The highest BCUT2D eigenvalue weighted by Gasteiger charge is 2.12. The van der Waals surface area contributed by atoms with Crippen molar-refractivity contribution in [2.45, 2.75) is 11.8 Å². The van der Waals surface area contributed by atoms with Crippen molar-refractivity contribution in [3.8, 4) is 5.75 Å². The lowest BCUT2D eigenvalue weighted by molar-refractivity contribution is 0.323. The third-order valence-electron chi connectivity index (χ3n) is 2.78. The minimum Gasteiger partial charge on any atom is -0.492 e. The molecule has 0 aliphatic carbocycles. The number of aryl methyl sites for hydroxylation is 1. The van der Waals surface area contributed by atoms with Gasteiger partial charge in [-0.2, -0.15) is 0 Å². The molecule has 0 unspecified atom stereocenters. The fourth-order valence-corrected chi connectivity index (χ4v) is 2.99. The van der Waals surface area contributed by atoms with Crippen molar-refractivity contribution in [1.82, 2.24) is 4.72 Å². The zero-order valence-electron chi connectivity index (χ0n) is 11.5. The average molecular weight is 326 g/mol. The van der Waals surface area contributed by atoms with E-state index in [0.717, 1.165) is 5.56 Å². The molecule has 0 atom stereocenters. The van der Waals surface area contributed by atoms with Crippen LogP contribution in [0.15, 0.2) is 53.4 Å². The summed E-state index contributed by atoms with van der Waals surface area (Å²) in [6.07, 6.45) is 0. The summed E-state index contributed by atoms with van der Waals surface area (Å²) in [6.45, 7) is 2.29. The van der Waals surface area contributed by atoms with E-state index in [1.54, 1.807) is 42.5 Å². The first-order valence-corrected chi connectivity index (χ1v) is 8.28. The summed E-state index contributed by atoms with van der Waals surface area (Å²) in [5, 5.41) is 0.627. The monoisotopic (exact) mass is 325 g/mol. The van der Waals surface area contributed by atoms with E-state index in [1.807, 2.05) is 13.0 Å². The van der Waals surface area contributed by atoms with Crippen molar-refractivity contribution >= 4 is 21.6 Å². The number of ether oxygens (including phenoxy) is 1. The molecule has 0 saturated carbocycles. The molecule has 1 N–H and O–H groups in total. The molecule has 0 spiro atoms. The number of hydrogen-bond donors (Lipinski definition) is 1. The Morgan fingerprint density at radius 3 is 2.52 bits per heavy atom. The van der Waals surface area contributed by atoms with Crippen LogP contribution in [0.3, 0.4) is 0 Å². The number of halogens is 1. The molecule has 0 heterocycles. The Morgan fingerprint density at radius 2 is 1.86 bits per heavy atom. The topological polar surface area (TPSA) is 55.4 Å². The van der Waals surface area contributed by atoms with E-state index in [4.69, 9.17) is 16.3 Å². The standard InChI is InChI=1S/C15H16ClNO3S/c1-12-3-2-4-15(11-12)21(18,19)17-9-10-20-14-7-5-13(16)6-8-14/h2-8,11,17H,9-10H2,1H3. The van der Waals surface area contributed by atoms with Gasteiger partial charge in [-0.15, -0.1) is 0 Å². The molecule has 0 fully saturated rings. The van der Waals surface area contributed by atoms with E-state index < -0.39 is 10.0 Å². The Hall–Kier alpha value is -1.56. The molecular formula is C15H16ClNO3S. The maximum atomic E-state index is 12.1. The Morgan fingerprint density at radius 1 is 1.14 bits per heavy atom. The van der Waals surface area contributed by atoms with Crippen molar-refractivity contribution in [2.75, 3.05) is 13.2 Å². The molecule has 2 aromatic carbocycles. The summed E-state index contributed by atoms with van der Waals surface area (Å²) in [4.78, 5) is 0.258. The van der Waals surface area contributed by atoms with E-state index in [9.17, 15) is 8.42 Å². The van der Waals surface area contributed by atoms with Crippen LogP contribution in [0.25, 0.3) is 0 Å². The number of benzene rings is 2. The van der Waals surface area contributed by atoms with Crippen molar-refractivity contribution < 1.29 is 13.2 Å². The molecule has 0 aliphatic heterocycles. The van der Waals surface area contributed by atoms with Gasteiger partial charge in [-0.05, 0) is 48.9 Å². The van der Waals surface area contributed by atoms with Gasteiger partial charge >= 0.3 is 0 Å². The van der Waals surface area contributed by atoms with Crippen LogP contribution < -0.4 is 9.46 Å². The van der Waals surface area contributed by atoms with Crippen LogP contribution in [0.2, 0.25) is 5.02 Å². The molecule has 6 heteroatoms. The lowest BCUT2D eigenvalue weighted by Crippen LogP contribution is -2.28. The van der Waals surface area contributed by atoms with E-state index in [1.165, 1.54) is 0 Å². The fraction of sp³-hybridized carbons (Fsp3) is 0.200. The Kier molecular flexibility index (Phi) is 5.22. The van der Waals surface area contributed by atoms with Crippen LogP contribution >= 0.6 is 11.6 Å². The van der Waals surface area contributed by atoms with Gasteiger partial charge in [-0.3, -0.25) is 0 Å². The van der Waals surface area contributed by atoms with Crippen LogP contribution in [0.1, 0.15) is 5.56 Å². The fourth-order valence-electron chi connectivity index (χ4n) is 1.74. The van der Waals surface area contributed by atoms with Crippen LogP contribution in [-0.4, -0.2) is 21.6 Å². The molecule has 0 bridgehead atoms. The third kappa shape index (κ3) is 4.74. The smallest absolute Gasteiger partial charge is 0.240 e. The van der Waals surface area contributed by atoms with Crippen molar-refractivity contribution in [3.05, 3.63) is 59.1 Å². The van der Waals surface area contributed by atoms with Crippen LogP contribution in [-0.2, 0) is 10.0 Å². The minimum atomic E-state index is -3.50. The van der Waals surface area contributed by atoms with Gasteiger partial charge in [-0.1, -0.05) is 23.7 Å². The quantitative estimate of drug-likeness (QED) is 0.831. The largest absolute Gasteiger partial charge is 0.492 e. The highest BCUT2D eigenvalue weighted by atomic mass is 35.5. The summed E-state index contributed by atoms with van der Waals surface area (Å²) < 4.78 is 32.0. The molecule has 0 aromatic heterocycles. The molecule has 0 amide bonds. The van der Waals surface area contributed by atoms with Gasteiger partial charge in [0.2, 0.25) is 10.0 Å². The van der Waals surface area contributed by atoms with Crippen LogP contribution in [0.4, 0.5) is 0 Å². The molecule has 4 nitrogen and oxygen atoms in total. The molecule has 2 aromatic rings. The SMILES string of the molecule is Cc1cccc(S(=O)(=O)NCCOc2ccc(Cl)cc2)c1. The van der Waals surface area contributed by atoms with E-state index in [-0.39, 0.29) is 18.0 Å². The van der Waals surface area contributed by atoms with Gasteiger partial charge in [-0.25, -0.2) is 13.1 Å². The summed E-state index contributed by atoms with van der Waals surface area (Å²) in [5.74, 6) is 0.647. The van der Waals surface area contributed by atoms with E-state index in [0.29, 0.717) is 10.8 Å². The van der Waals surface area contributed by atoms with Crippen molar-refractivity contribution in [1.29, 1.82) is 0 Å². The maximum absolute atomic E-state index is 12.1. The summed E-state index contributed by atoms with van der Waals surface area (Å²) >= 11 is 5.77. The maximum Gasteiger partial charge on any atom is 0.240 e. The van der Waals surface area contributed by atoms with Gasteiger partial charge in [0.1, 0.15) is 12.4 Å². The lowest BCUT2D eigenvalue weighted by atomic mass is 10.2. The van der Waals surface area contributed by atoms with Gasteiger partial charge in [0.15, 0.2) is 0 Å². The summed E-state index contributed by atoms with van der Waals surface area (Å²) in [7, 11) is -3.50. The Bertz CT molecular complexity index is 699. The number of rotatable bonds is 6. The van der Waals surface area contributed by atoms with Gasteiger partial charge < -0.3 is 4.74 Å². The first-order chi connectivity index (χ1) is 9.97. The second kappa shape index (κ2) is 6.93. The third-order valence-corrected chi connectivity index (χ3v) is 4.49. The molecule has 112 valence electrons. The number of sulfonamides is 1. The second-order valence-corrected chi connectivity index (χ2v) is 6.72. The average Bonchev–Trinajstić information content (AvgIpc) is 2.45. The summed E-state index contributed by atoms with van der Waals surface area (Å²) in [5.41, 5.74) is 0.898. The summed E-state index contributed by atoms with van der Waals surface area (Å²) in [6, 6.07) is 13.7. The zero-order valence-corrected chi connectivity index (χ0v) is 13.1. The number of hydrogen-bond acceptors (Lipinski definition) is 3. The molecule has 0 radical (unpaired) electrons.